The first-order valence-electron chi connectivity index (χ1n) is 10.2. The first-order valence-corrected chi connectivity index (χ1v) is 11.7. The van der Waals surface area contributed by atoms with Crippen LogP contribution in [0.2, 0.25) is 20.1 Å². The number of hydrogen-bond donors (Lipinski definition) is 1. The van der Waals surface area contributed by atoms with Gasteiger partial charge in [0, 0.05) is 15.6 Å². The van der Waals surface area contributed by atoms with Gasteiger partial charge in [0.1, 0.15) is 12.2 Å². The summed E-state index contributed by atoms with van der Waals surface area (Å²) in [5.41, 5.74) is 1.61. The van der Waals surface area contributed by atoms with E-state index in [1.165, 1.54) is 18.2 Å². The number of halogens is 4. The van der Waals surface area contributed by atoms with Crippen LogP contribution < -0.4 is 15.0 Å². The van der Waals surface area contributed by atoms with Crippen molar-refractivity contribution < 1.29 is 19.1 Å². The Morgan fingerprint density at radius 2 is 1.54 bits per heavy atom. The molecular formula is C25H16Cl4N2O4. The van der Waals surface area contributed by atoms with Gasteiger partial charge in [0.25, 0.3) is 11.8 Å². The highest BCUT2D eigenvalue weighted by atomic mass is 35.5. The topological polar surface area (TPSA) is 75.7 Å². The second-order valence-corrected chi connectivity index (χ2v) is 9.16. The van der Waals surface area contributed by atoms with E-state index in [1.807, 2.05) is 12.1 Å². The van der Waals surface area contributed by atoms with E-state index in [0.717, 1.165) is 10.5 Å². The summed E-state index contributed by atoms with van der Waals surface area (Å²) in [6, 6.07) is 14.1. The first kappa shape index (κ1) is 25.1. The van der Waals surface area contributed by atoms with Crippen LogP contribution in [0.25, 0.3) is 6.08 Å². The Kier molecular flexibility index (Phi) is 7.38. The number of benzene rings is 3. The summed E-state index contributed by atoms with van der Waals surface area (Å²) >= 11 is 25.1. The van der Waals surface area contributed by atoms with E-state index in [4.69, 9.17) is 51.1 Å². The predicted molar refractivity (Wildman–Crippen MR) is 137 cm³/mol. The van der Waals surface area contributed by atoms with E-state index < -0.39 is 17.8 Å². The number of amides is 4. The Balaban J connectivity index is 1.64. The molecule has 178 valence electrons. The van der Waals surface area contributed by atoms with Gasteiger partial charge in [-0.25, -0.2) is 9.69 Å². The summed E-state index contributed by atoms with van der Waals surface area (Å²) < 4.78 is 5.75. The number of hydrogen-bond acceptors (Lipinski definition) is 4. The van der Waals surface area contributed by atoms with Gasteiger partial charge in [-0.15, -0.1) is 0 Å². The molecule has 35 heavy (non-hydrogen) atoms. The number of urea groups is 1. The standard InChI is InChI=1S/C25H16Cl4N2O4/c1-13-17(26)7-4-8-21(13)31-24(33)16(23(32)30-25(31)34)9-14-10-19(28)22(20(29)11-14)35-12-15-5-2-3-6-18(15)27/h2-11H,12H2,1H3,(H,30,32,34)/b16-9+. The molecule has 1 aliphatic heterocycles. The average molecular weight is 550 g/mol. The van der Waals surface area contributed by atoms with Crippen molar-refractivity contribution in [1.29, 1.82) is 0 Å². The smallest absolute Gasteiger partial charge is 0.335 e. The molecule has 10 heteroatoms. The van der Waals surface area contributed by atoms with Gasteiger partial charge < -0.3 is 4.74 Å². The fraction of sp³-hybridized carbons (Fsp3) is 0.0800. The Morgan fingerprint density at radius 3 is 2.23 bits per heavy atom. The first-order chi connectivity index (χ1) is 16.7. The number of nitrogens with zero attached hydrogens (tertiary/aromatic N) is 1. The van der Waals surface area contributed by atoms with Crippen molar-refractivity contribution in [3.05, 3.63) is 97.0 Å². The van der Waals surface area contributed by atoms with Gasteiger partial charge in [-0.2, -0.15) is 0 Å². The van der Waals surface area contributed by atoms with Gasteiger partial charge in [0.05, 0.1) is 15.7 Å². The summed E-state index contributed by atoms with van der Waals surface area (Å²) in [4.78, 5) is 39.0. The zero-order chi connectivity index (χ0) is 25.3. The van der Waals surface area contributed by atoms with Gasteiger partial charge in [0.2, 0.25) is 0 Å². The molecule has 6 nitrogen and oxygen atoms in total. The molecule has 4 rings (SSSR count). The highest BCUT2D eigenvalue weighted by Crippen LogP contribution is 2.36. The van der Waals surface area contributed by atoms with Crippen LogP contribution in [0.4, 0.5) is 10.5 Å². The third-order valence-corrected chi connectivity index (χ3v) is 6.58. The summed E-state index contributed by atoms with van der Waals surface area (Å²) in [5, 5.41) is 3.41. The summed E-state index contributed by atoms with van der Waals surface area (Å²) in [5.74, 6) is -1.43. The van der Waals surface area contributed by atoms with Gasteiger partial charge in [-0.05, 0) is 54.5 Å². The Labute approximate surface area is 221 Å². The van der Waals surface area contributed by atoms with E-state index >= 15 is 0 Å². The number of nitrogens with one attached hydrogen (secondary N) is 1. The molecule has 1 aliphatic rings. The highest BCUT2D eigenvalue weighted by Gasteiger charge is 2.37. The minimum Gasteiger partial charge on any atom is -0.486 e. The van der Waals surface area contributed by atoms with Crippen LogP contribution in [-0.2, 0) is 16.2 Å². The molecule has 0 unspecified atom stereocenters. The van der Waals surface area contributed by atoms with Crippen LogP contribution in [0.3, 0.4) is 0 Å². The monoisotopic (exact) mass is 548 g/mol. The number of ether oxygens (including phenoxy) is 1. The van der Waals surface area contributed by atoms with Crippen LogP contribution in [0, 0.1) is 6.92 Å². The molecule has 1 fully saturated rings. The molecule has 0 radical (unpaired) electrons. The molecular weight excluding hydrogens is 534 g/mol. The van der Waals surface area contributed by atoms with E-state index in [1.54, 1.807) is 37.3 Å². The molecule has 0 aromatic heterocycles. The normalized spacial score (nSPS) is 14.9. The molecule has 0 saturated carbocycles. The molecule has 1 heterocycles. The third kappa shape index (κ3) is 5.16. The largest absolute Gasteiger partial charge is 0.486 e. The van der Waals surface area contributed by atoms with Crippen molar-refractivity contribution >= 4 is 76.0 Å². The fourth-order valence-electron chi connectivity index (χ4n) is 3.45. The van der Waals surface area contributed by atoms with Gasteiger partial charge in [-0.1, -0.05) is 70.7 Å². The van der Waals surface area contributed by atoms with Crippen LogP contribution >= 0.6 is 46.4 Å². The maximum absolute atomic E-state index is 13.2. The molecule has 1 N–H and O–H groups in total. The zero-order valence-electron chi connectivity index (χ0n) is 18.1. The molecule has 3 aromatic rings. The molecule has 1 saturated heterocycles. The molecule has 0 bridgehead atoms. The van der Waals surface area contributed by atoms with Gasteiger partial charge in [0.15, 0.2) is 5.75 Å². The zero-order valence-corrected chi connectivity index (χ0v) is 21.1. The molecule has 3 aromatic carbocycles. The minimum atomic E-state index is -0.873. The number of rotatable bonds is 5. The number of carbonyl (C=O) groups excluding carboxylic acids is 3. The van der Waals surface area contributed by atoms with Crippen LogP contribution in [0.5, 0.6) is 5.75 Å². The summed E-state index contributed by atoms with van der Waals surface area (Å²) in [6.07, 6.45) is 1.30. The van der Waals surface area contributed by atoms with Crippen LogP contribution in [0.1, 0.15) is 16.7 Å². The van der Waals surface area contributed by atoms with Crippen molar-refractivity contribution in [1.82, 2.24) is 5.32 Å². The fourth-order valence-corrected chi connectivity index (χ4v) is 4.42. The third-order valence-electron chi connectivity index (χ3n) is 5.24. The highest BCUT2D eigenvalue weighted by molar-refractivity contribution is 6.40. The maximum Gasteiger partial charge on any atom is 0.335 e. The van der Waals surface area contributed by atoms with Crippen molar-refractivity contribution in [3.8, 4) is 5.75 Å². The predicted octanol–water partition coefficient (Wildman–Crippen LogP) is 6.85. The lowest BCUT2D eigenvalue weighted by Gasteiger charge is -2.27. The number of imide groups is 2. The van der Waals surface area contributed by atoms with E-state index in [2.05, 4.69) is 5.32 Å². The maximum atomic E-state index is 13.2. The van der Waals surface area contributed by atoms with Crippen LogP contribution in [0.15, 0.2) is 60.2 Å². The Bertz CT molecular complexity index is 1380. The van der Waals surface area contributed by atoms with Gasteiger partial charge in [-0.3, -0.25) is 14.9 Å². The Morgan fingerprint density at radius 1 is 0.886 bits per heavy atom. The number of barbiturate groups is 1. The molecule has 0 aliphatic carbocycles. The number of carbonyl (C=O) groups is 3. The second-order valence-electron chi connectivity index (χ2n) is 7.54. The minimum absolute atomic E-state index is 0.135. The quantitative estimate of drug-likeness (QED) is 0.279. The second kappa shape index (κ2) is 10.3. The van der Waals surface area contributed by atoms with Crippen molar-refractivity contribution in [3.63, 3.8) is 0 Å². The summed E-state index contributed by atoms with van der Waals surface area (Å²) in [7, 11) is 0. The SMILES string of the molecule is Cc1c(Cl)cccc1N1C(=O)NC(=O)/C(=C\c2cc(Cl)c(OCc3ccccc3Cl)c(Cl)c2)C1=O. The average Bonchev–Trinajstić information content (AvgIpc) is 2.80. The van der Waals surface area contributed by atoms with Crippen LogP contribution in [-0.4, -0.2) is 17.8 Å². The molecule has 0 atom stereocenters. The Hall–Kier alpha value is -3.03. The lowest BCUT2D eigenvalue weighted by atomic mass is 10.1. The number of anilines is 1. The molecule has 0 spiro atoms. The lowest BCUT2D eigenvalue weighted by molar-refractivity contribution is -0.122. The molecule has 4 amide bonds. The van der Waals surface area contributed by atoms with E-state index in [0.29, 0.717) is 21.2 Å². The van der Waals surface area contributed by atoms with Gasteiger partial charge >= 0.3 is 6.03 Å². The van der Waals surface area contributed by atoms with E-state index in [-0.39, 0.29) is 33.7 Å². The summed E-state index contributed by atoms with van der Waals surface area (Å²) in [6.45, 7) is 1.80. The van der Waals surface area contributed by atoms with Crippen molar-refractivity contribution in [2.24, 2.45) is 0 Å². The lowest BCUT2D eigenvalue weighted by Crippen LogP contribution is -2.54. The van der Waals surface area contributed by atoms with Crippen molar-refractivity contribution in [2.45, 2.75) is 13.5 Å². The van der Waals surface area contributed by atoms with Crippen molar-refractivity contribution in [2.75, 3.05) is 4.90 Å². The van der Waals surface area contributed by atoms with E-state index in [9.17, 15) is 14.4 Å².